The van der Waals surface area contributed by atoms with Gasteiger partial charge < -0.3 is 14.8 Å². The quantitative estimate of drug-likeness (QED) is 0.555. The predicted octanol–water partition coefficient (Wildman–Crippen LogP) is 3.29. The van der Waals surface area contributed by atoms with Crippen molar-refractivity contribution in [3.63, 3.8) is 0 Å². The van der Waals surface area contributed by atoms with Gasteiger partial charge in [0.05, 0.1) is 25.2 Å². The number of methoxy groups -OCH3 is 2. The van der Waals surface area contributed by atoms with E-state index in [0.717, 1.165) is 11.1 Å². The van der Waals surface area contributed by atoms with Crippen molar-refractivity contribution in [2.24, 2.45) is 0 Å². The van der Waals surface area contributed by atoms with Gasteiger partial charge in [-0.15, -0.1) is 0 Å². The Morgan fingerprint density at radius 1 is 1.04 bits per heavy atom. The smallest absolute Gasteiger partial charge is 0.258 e. The van der Waals surface area contributed by atoms with E-state index < -0.39 is 0 Å². The number of amides is 1. The molecule has 4 aromatic rings. The van der Waals surface area contributed by atoms with Crippen LogP contribution in [0.5, 0.6) is 11.5 Å². The largest absolute Gasteiger partial charge is 0.493 e. The van der Waals surface area contributed by atoms with E-state index in [1.807, 2.05) is 24.3 Å². The van der Waals surface area contributed by atoms with Crippen LogP contribution in [0.4, 0.5) is 5.82 Å². The van der Waals surface area contributed by atoms with Crippen molar-refractivity contribution in [1.29, 1.82) is 0 Å². The van der Waals surface area contributed by atoms with Gasteiger partial charge in [-0.3, -0.25) is 14.9 Å². The average molecular weight is 375 g/mol. The Kier molecular flexibility index (Phi) is 4.59. The molecule has 0 fully saturated rings. The van der Waals surface area contributed by atoms with Gasteiger partial charge in [-0.2, -0.15) is 5.10 Å². The van der Waals surface area contributed by atoms with Crippen LogP contribution in [0.2, 0.25) is 0 Å². The van der Waals surface area contributed by atoms with Gasteiger partial charge in [-0.25, -0.2) is 4.98 Å². The van der Waals surface area contributed by atoms with Gasteiger partial charge in [0.2, 0.25) is 0 Å². The summed E-state index contributed by atoms with van der Waals surface area (Å²) in [6.07, 6.45) is 4.83. The maximum atomic E-state index is 12.4. The number of nitrogens with zero attached hydrogens (tertiary/aromatic N) is 3. The van der Waals surface area contributed by atoms with Crippen LogP contribution in [0.3, 0.4) is 0 Å². The summed E-state index contributed by atoms with van der Waals surface area (Å²) in [7, 11) is 3.18. The molecule has 0 spiro atoms. The lowest BCUT2D eigenvalue weighted by Crippen LogP contribution is -2.12. The first kappa shape index (κ1) is 17.5. The number of fused-ring (bicyclic) bond motifs is 1. The number of rotatable bonds is 5. The summed E-state index contributed by atoms with van der Waals surface area (Å²) < 4.78 is 10.7. The predicted molar refractivity (Wildman–Crippen MR) is 105 cm³/mol. The minimum atomic E-state index is -0.282. The maximum Gasteiger partial charge on any atom is 0.258 e. The number of nitrogens with one attached hydrogen (secondary N) is 2. The molecular formula is C20H17N5O3. The molecule has 1 aromatic carbocycles. The minimum Gasteiger partial charge on any atom is -0.493 e. The van der Waals surface area contributed by atoms with Gasteiger partial charge in [-0.05, 0) is 35.9 Å². The van der Waals surface area contributed by atoms with E-state index >= 15 is 0 Å². The Balaban J connectivity index is 1.69. The summed E-state index contributed by atoms with van der Waals surface area (Å²) in [5.41, 5.74) is 2.71. The first-order valence-corrected chi connectivity index (χ1v) is 8.47. The van der Waals surface area contributed by atoms with Gasteiger partial charge in [0.15, 0.2) is 17.1 Å². The van der Waals surface area contributed by atoms with Gasteiger partial charge in [-0.1, -0.05) is 6.07 Å². The average Bonchev–Trinajstić information content (AvgIpc) is 3.15. The SMILES string of the molecule is COc1ccc(-c2cnc3n[nH]c(NC(=O)c4cccnc4)c3c2)cc1OC. The fourth-order valence-electron chi connectivity index (χ4n) is 2.85. The van der Waals surface area contributed by atoms with Crippen LogP contribution < -0.4 is 14.8 Å². The molecule has 8 nitrogen and oxygen atoms in total. The Morgan fingerprint density at radius 2 is 1.89 bits per heavy atom. The molecule has 4 rings (SSSR count). The summed E-state index contributed by atoms with van der Waals surface area (Å²) >= 11 is 0. The molecule has 0 aliphatic rings. The third-order valence-electron chi connectivity index (χ3n) is 4.29. The van der Waals surface area contributed by atoms with Crippen molar-refractivity contribution in [3.05, 3.63) is 60.6 Å². The molecule has 0 saturated heterocycles. The van der Waals surface area contributed by atoms with E-state index in [1.54, 1.807) is 38.7 Å². The van der Waals surface area contributed by atoms with Gasteiger partial charge in [0.1, 0.15) is 5.82 Å². The van der Waals surface area contributed by atoms with E-state index in [1.165, 1.54) is 6.20 Å². The summed E-state index contributed by atoms with van der Waals surface area (Å²) in [5, 5.41) is 10.5. The first-order chi connectivity index (χ1) is 13.7. The van der Waals surface area contributed by atoms with Crippen molar-refractivity contribution in [1.82, 2.24) is 20.2 Å². The second-order valence-electron chi connectivity index (χ2n) is 5.96. The third-order valence-corrected chi connectivity index (χ3v) is 4.29. The number of hydrogen-bond donors (Lipinski definition) is 2. The number of aromatic nitrogens is 4. The zero-order valence-corrected chi connectivity index (χ0v) is 15.3. The normalized spacial score (nSPS) is 10.6. The molecule has 1 amide bonds. The number of pyridine rings is 2. The second-order valence-corrected chi connectivity index (χ2v) is 5.96. The molecule has 140 valence electrons. The van der Waals surface area contributed by atoms with Gasteiger partial charge >= 0.3 is 0 Å². The Morgan fingerprint density at radius 3 is 2.64 bits per heavy atom. The summed E-state index contributed by atoms with van der Waals surface area (Å²) in [6.45, 7) is 0. The van der Waals surface area contributed by atoms with Crippen molar-refractivity contribution >= 4 is 22.8 Å². The molecule has 2 N–H and O–H groups in total. The summed E-state index contributed by atoms with van der Waals surface area (Å²) in [4.78, 5) is 20.8. The molecule has 28 heavy (non-hydrogen) atoms. The summed E-state index contributed by atoms with van der Waals surface area (Å²) in [6, 6.07) is 10.9. The Bertz CT molecular complexity index is 1140. The van der Waals surface area contributed by atoms with E-state index in [9.17, 15) is 4.79 Å². The van der Waals surface area contributed by atoms with E-state index in [0.29, 0.717) is 33.9 Å². The van der Waals surface area contributed by atoms with Crippen molar-refractivity contribution in [2.45, 2.75) is 0 Å². The third kappa shape index (κ3) is 3.23. The van der Waals surface area contributed by atoms with Crippen molar-refractivity contribution in [3.8, 4) is 22.6 Å². The van der Waals surface area contributed by atoms with Gasteiger partial charge in [0.25, 0.3) is 5.91 Å². The lowest BCUT2D eigenvalue weighted by atomic mass is 10.1. The number of ether oxygens (including phenoxy) is 2. The number of anilines is 1. The Hall–Kier alpha value is -3.94. The molecule has 0 aliphatic heterocycles. The van der Waals surface area contributed by atoms with Crippen LogP contribution in [-0.2, 0) is 0 Å². The monoisotopic (exact) mass is 375 g/mol. The summed E-state index contributed by atoms with van der Waals surface area (Å²) in [5.74, 6) is 1.46. The molecular weight excluding hydrogens is 358 g/mol. The van der Waals surface area contributed by atoms with E-state index in [4.69, 9.17) is 9.47 Å². The van der Waals surface area contributed by atoms with E-state index in [2.05, 4.69) is 25.5 Å². The second kappa shape index (κ2) is 7.36. The zero-order valence-electron chi connectivity index (χ0n) is 15.3. The van der Waals surface area contributed by atoms with Crippen molar-refractivity contribution in [2.75, 3.05) is 19.5 Å². The minimum absolute atomic E-state index is 0.282. The highest BCUT2D eigenvalue weighted by molar-refractivity contribution is 6.07. The van der Waals surface area contributed by atoms with Crippen molar-refractivity contribution < 1.29 is 14.3 Å². The zero-order chi connectivity index (χ0) is 19.5. The van der Waals surface area contributed by atoms with Crippen LogP contribution >= 0.6 is 0 Å². The highest BCUT2D eigenvalue weighted by atomic mass is 16.5. The molecule has 8 heteroatoms. The number of aromatic amines is 1. The fourth-order valence-corrected chi connectivity index (χ4v) is 2.85. The molecule has 0 atom stereocenters. The lowest BCUT2D eigenvalue weighted by Gasteiger charge is -2.09. The maximum absolute atomic E-state index is 12.4. The number of carbonyl (C=O) groups excluding carboxylic acids is 1. The highest BCUT2D eigenvalue weighted by Crippen LogP contribution is 2.33. The topological polar surface area (TPSA) is 102 Å². The van der Waals surface area contributed by atoms with Gasteiger partial charge in [0, 0.05) is 24.2 Å². The standard InChI is InChI=1S/C20H17N5O3/c1-27-16-6-5-12(9-17(16)28-2)14-8-15-18(22-11-14)24-25-19(15)23-20(26)13-4-3-7-21-10-13/h3-11H,1-2H3,(H2,22,23,24,25,26). The molecule has 0 saturated carbocycles. The number of H-pyrrole nitrogens is 1. The van der Waals surface area contributed by atoms with E-state index in [-0.39, 0.29) is 5.91 Å². The first-order valence-electron chi connectivity index (χ1n) is 8.47. The fraction of sp³-hybridized carbons (Fsp3) is 0.100. The highest BCUT2D eigenvalue weighted by Gasteiger charge is 2.13. The number of benzene rings is 1. The van der Waals surface area contributed by atoms with Crippen LogP contribution in [0.25, 0.3) is 22.2 Å². The van der Waals surface area contributed by atoms with Crippen LogP contribution in [0, 0.1) is 0 Å². The van der Waals surface area contributed by atoms with Crippen LogP contribution in [0.1, 0.15) is 10.4 Å². The molecule has 0 bridgehead atoms. The lowest BCUT2D eigenvalue weighted by molar-refractivity contribution is 0.102. The molecule has 0 unspecified atom stereocenters. The molecule has 3 heterocycles. The van der Waals surface area contributed by atoms with Crippen LogP contribution in [-0.4, -0.2) is 40.3 Å². The number of carbonyl (C=O) groups is 1. The molecule has 3 aromatic heterocycles. The van der Waals surface area contributed by atoms with Crippen LogP contribution in [0.15, 0.2) is 55.0 Å². The number of hydrogen-bond acceptors (Lipinski definition) is 6. The Labute approximate surface area is 160 Å². The molecule has 0 aliphatic carbocycles. The molecule has 0 radical (unpaired) electrons.